The molecular formula is C9H15Cl2NO2. The minimum Gasteiger partial charge on any atom is -0.481 e. The van der Waals surface area contributed by atoms with Crippen molar-refractivity contribution in [2.75, 3.05) is 13.1 Å². The Kier molecular flexibility index (Phi) is 6.97. The standard InChI is InChI=1S/C9H15Cl2NO2/c1-7(2)12(4-3-9(13)14)6-8(11)5-10/h5,7H,3-4,6H2,1-2H3,(H,13,14). The molecule has 0 heterocycles. The van der Waals surface area contributed by atoms with Gasteiger partial charge in [0.05, 0.1) is 6.42 Å². The van der Waals surface area contributed by atoms with Gasteiger partial charge in [-0.3, -0.25) is 9.69 Å². The number of nitrogens with zero attached hydrogens (tertiary/aromatic N) is 1. The minimum absolute atomic E-state index is 0.116. The van der Waals surface area contributed by atoms with Crippen LogP contribution in [0.3, 0.4) is 0 Å². The van der Waals surface area contributed by atoms with Gasteiger partial charge >= 0.3 is 5.97 Å². The molecular weight excluding hydrogens is 225 g/mol. The van der Waals surface area contributed by atoms with Crippen molar-refractivity contribution < 1.29 is 9.90 Å². The van der Waals surface area contributed by atoms with E-state index in [1.165, 1.54) is 5.54 Å². The Labute approximate surface area is 94.3 Å². The van der Waals surface area contributed by atoms with Crippen LogP contribution in [-0.2, 0) is 4.79 Å². The van der Waals surface area contributed by atoms with Crippen molar-refractivity contribution in [1.82, 2.24) is 4.90 Å². The van der Waals surface area contributed by atoms with Crippen LogP contribution in [0.15, 0.2) is 10.6 Å². The number of rotatable bonds is 6. The molecule has 0 aliphatic heterocycles. The highest BCUT2D eigenvalue weighted by molar-refractivity contribution is 6.36. The van der Waals surface area contributed by atoms with E-state index < -0.39 is 5.97 Å². The first kappa shape index (κ1) is 13.8. The Bertz CT molecular complexity index is 217. The van der Waals surface area contributed by atoms with Crippen LogP contribution in [-0.4, -0.2) is 35.1 Å². The Morgan fingerprint density at radius 3 is 2.50 bits per heavy atom. The third-order valence-corrected chi connectivity index (χ3v) is 2.42. The molecule has 0 aromatic heterocycles. The van der Waals surface area contributed by atoms with Gasteiger partial charge in [-0.2, -0.15) is 0 Å². The molecule has 0 amide bonds. The lowest BCUT2D eigenvalue weighted by atomic mass is 10.3. The fourth-order valence-corrected chi connectivity index (χ4v) is 1.21. The second-order valence-electron chi connectivity index (χ2n) is 3.26. The first-order valence-electron chi connectivity index (χ1n) is 4.38. The molecule has 1 N–H and O–H groups in total. The van der Waals surface area contributed by atoms with E-state index in [0.717, 1.165) is 0 Å². The maximum absolute atomic E-state index is 10.4. The van der Waals surface area contributed by atoms with E-state index in [4.69, 9.17) is 28.3 Å². The van der Waals surface area contributed by atoms with Crippen LogP contribution in [0.4, 0.5) is 0 Å². The first-order chi connectivity index (χ1) is 6.47. The van der Waals surface area contributed by atoms with Crippen LogP contribution >= 0.6 is 23.2 Å². The van der Waals surface area contributed by atoms with Crippen molar-refractivity contribution >= 4 is 29.2 Å². The van der Waals surface area contributed by atoms with Gasteiger partial charge in [0.15, 0.2) is 0 Å². The first-order valence-corrected chi connectivity index (χ1v) is 5.19. The molecule has 0 atom stereocenters. The highest BCUT2D eigenvalue weighted by Gasteiger charge is 2.11. The maximum atomic E-state index is 10.4. The second kappa shape index (κ2) is 7.10. The SMILES string of the molecule is CC(C)N(CCC(=O)O)CC(Cl)=CCl. The summed E-state index contributed by atoms with van der Waals surface area (Å²) < 4.78 is 0. The quantitative estimate of drug-likeness (QED) is 0.775. The molecule has 14 heavy (non-hydrogen) atoms. The van der Waals surface area contributed by atoms with Crippen LogP contribution in [0.5, 0.6) is 0 Å². The van der Waals surface area contributed by atoms with E-state index in [1.807, 2.05) is 18.7 Å². The fourth-order valence-electron chi connectivity index (χ4n) is 0.988. The molecule has 0 aliphatic carbocycles. The molecule has 0 radical (unpaired) electrons. The molecule has 5 heteroatoms. The van der Waals surface area contributed by atoms with Gasteiger partial charge < -0.3 is 5.11 Å². The molecule has 0 spiro atoms. The van der Waals surface area contributed by atoms with Gasteiger partial charge in [-0.15, -0.1) is 0 Å². The highest BCUT2D eigenvalue weighted by atomic mass is 35.5. The molecule has 0 aliphatic rings. The predicted octanol–water partition coefficient (Wildman–Crippen LogP) is 2.49. The van der Waals surface area contributed by atoms with Crippen molar-refractivity contribution in [3.8, 4) is 0 Å². The van der Waals surface area contributed by atoms with E-state index in [1.54, 1.807) is 0 Å². The van der Waals surface area contributed by atoms with Gasteiger partial charge in [0, 0.05) is 29.7 Å². The van der Waals surface area contributed by atoms with Crippen LogP contribution < -0.4 is 0 Å². The molecule has 0 saturated carbocycles. The van der Waals surface area contributed by atoms with Gasteiger partial charge in [-0.25, -0.2) is 0 Å². The molecule has 0 aromatic rings. The summed E-state index contributed by atoms with van der Waals surface area (Å²) in [5, 5.41) is 9.05. The Balaban J connectivity index is 4.09. The lowest BCUT2D eigenvalue weighted by molar-refractivity contribution is -0.137. The summed E-state index contributed by atoms with van der Waals surface area (Å²) in [6, 6.07) is 0.250. The summed E-state index contributed by atoms with van der Waals surface area (Å²) in [6.45, 7) is 4.95. The summed E-state index contributed by atoms with van der Waals surface area (Å²) in [7, 11) is 0. The van der Waals surface area contributed by atoms with Gasteiger partial charge in [0.1, 0.15) is 0 Å². The van der Waals surface area contributed by atoms with Gasteiger partial charge in [0.2, 0.25) is 0 Å². The number of hydrogen-bond donors (Lipinski definition) is 1. The van der Waals surface area contributed by atoms with E-state index >= 15 is 0 Å². The van der Waals surface area contributed by atoms with E-state index in [-0.39, 0.29) is 12.5 Å². The normalized spacial score (nSPS) is 12.6. The summed E-state index contributed by atoms with van der Waals surface area (Å²) in [5.74, 6) is -0.804. The predicted molar refractivity (Wildman–Crippen MR) is 58.8 cm³/mol. The lowest BCUT2D eigenvalue weighted by Gasteiger charge is -2.25. The zero-order chi connectivity index (χ0) is 11.1. The molecule has 0 aromatic carbocycles. The average Bonchev–Trinajstić information content (AvgIpc) is 2.10. The summed E-state index contributed by atoms with van der Waals surface area (Å²) in [5.41, 5.74) is 1.30. The van der Waals surface area contributed by atoms with E-state index in [2.05, 4.69) is 0 Å². The molecule has 0 bridgehead atoms. The summed E-state index contributed by atoms with van der Waals surface area (Å²) in [4.78, 5) is 12.3. The van der Waals surface area contributed by atoms with Crippen molar-refractivity contribution in [2.24, 2.45) is 0 Å². The summed E-state index contributed by atoms with van der Waals surface area (Å²) in [6.07, 6.45) is 0.116. The third kappa shape index (κ3) is 6.24. The molecule has 0 unspecified atom stereocenters. The zero-order valence-corrected chi connectivity index (χ0v) is 9.85. The monoisotopic (exact) mass is 239 g/mol. The van der Waals surface area contributed by atoms with Crippen LogP contribution in [0.25, 0.3) is 0 Å². The highest BCUT2D eigenvalue weighted by Crippen LogP contribution is 2.09. The molecule has 0 fully saturated rings. The number of aliphatic carboxylic acids is 1. The average molecular weight is 240 g/mol. The summed E-state index contributed by atoms with van der Waals surface area (Å²) >= 11 is 11.2. The van der Waals surface area contributed by atoms with Crippen molar-refractivity contribution in [3.63, 3.8) is 0 Å². The van der Waals surface area contributed by atoms with Crippen LogP contribution in [0, 0.1) is 0 Å². The van der Waals surface area contributed by atoms with Crippen LogP contribution in [0.1, 0.15) is 20.3 Å². The van der Waals surface area contributed by atoms with Gasteiger partial charge in [0.25, 0.3) is 0 Å². The molecule has 3 nitrogen and oxygen atoms in total. The van der Waals surface area contributed by atoms with Crippen molar-refractivity contribution in [2.45, 2.75) is 26.3 Å². The smallest absolute Gasteiger partial charge is 0.304 e. The third-order valence-electron chi connectivity index (χ3n) is 1.82. The number of carboxylic acid groups (broad SMARTS) is 1. The Hall–Kier alpha value is -0.250. The zero-order valence-electron chi connectivity index (χ0n) is 8.33. The Morgan fingerprint density at radius 1 is 1.57 bits per heavy atom. The Morgan fingerprint density at radius 2 is 2.14 bits per heavy atom. The largest absolute Gasteiger partial charge is 0.481 e. The number of hydrogen-bond acceptors (Lipinski definition) is 2. The number of carbonyl (C=O) groups is 1. The second-order valence-corrected chi connectivity index (χ2v) is 3.97. The number of halogens is 2. The number of carboxylic acids is 1. The van der Waals surface area contributed by atoms with Gasteiger partial charge in [-0.1, -0.05) is 23.2 Å². The molecule has 0 rings (SSSR count). The van der Waals surface area contributed by atoms with Crippen molar-refractivity contribution in [3.05, 3.63) is 10.6 Å². The van der Waals surface area contributed by atoms with E-state index in [0.29, 0.717) is 18.1 Å². The maximum Gasteiger partial charge on any atom is 0.304 e. The van der Waals surface area contributed by atoms with E-state index in [9.17, 15) is 4.79 Å². The lowest BCUT2D eigenvalue weighted by Crippen LogP contribution is -2.33. The van der Waals surface area contributed by atoms with Gasteiger partial charge in [-0.05, 0) is 13.8 Å². The minimum atomic E-state index is -0.804. The molecule has 0 saturated heterocycles. The molecule has 82 valence electrons. The van der Waals surface area contributed by atoms with Crippen molar-refractivity contribution in [1.29, 1.82) is 0 Å². The topological polar surface area (TPSA) is 40.5 Å². The van der Waals surface area contributed by atoms with Crippen LogP contribution in [0.2, 0.25) is 0 Å². The fraction of sp³-hybridized carbons (Fsp3) is 0.667.